The Kier molecular flexibility index (Phi) is 10.3. The van der Waals surface area contributed by atoms with E-state index in [1.165, 1.54) is 107 Å². The van der Waals surface area contributed by atoms with Crippen molar-refractivity contribution in [2.75, 3.05) is 0 Å². The maximum atomic E-state index is 2.55. The topological polar surface area (TPSA) is 9.86 Å². The van der Waals surface area contributed by atoms with Gasteiger partial charge in [0.25, 0.3) is 0 Å². The second-order valence-corrected chi connectivity index (χ2v) is 27.8. The van der Waals surface area contributed by atoms with Crippen LogP contribution in [0.3, 0.4) is 0 Å². The van der Waals surface area contributed by atoms with Crippen LogP contribution in [0.15, 0.2) is 303 Å². The summed E-state index contributed by atoms with van der Waals surface area (Å²) in [5, 5.41) is 16.1. The van der Waals surface area contributed by atoms with Crippen LogP contribution < -0.4 is 41.5 Å². The van der Waals surface area contributed by atoms with E-state index in [1.807, 2.05) is 0 Å². The molecule has 3 heterocycles. The highest BCUT2D eigenvalue weighted by atomic mass is 28.3. The van der Waals surface area contributed by atoms with Gasteiger partial charge in [0.05, 0.1) is 27.8 Å². The third-order valence-corrected chi connectivity index (χ3v) is 26.2. The lowest BCUT2D eigenvalue weighted by Gasteiger charge is -2.34. The Morgan fingerprint density at radius 1 is 0.276 bits per heavy atom. The van der Waals surface area contributed by atoms with Crippen LogP contribution in [0.5, 0.6) is 0 Å². The number of fused-ring (bicyclic) bond motifs is 9. The largest absolute Gasteiger partial charge is 0.309 e. The van der Waals surface area contributed by atoms with Gasteiger partial charge in [0, 0.05) is 27.2 Å². The second kappa shape index (κ2) is 17.7. The van der Waals surface area contributed by atoms with Crippen LogP contribution in [-0.4, -0.2) is 25.3 Å². The Hall–Kier alpha value is -9.33. The lowest BCUT2D eigenvalue weighted by Crippen LogP contribution is -2.74. The van der Waals surface area contributed by atoms with Crippen LogP contribution in [0, 0.1) is 0 Å². The summed E-state index contributed by atoms with van der Waals surface area (Å²) in [6, 6.07) is 114. The molecule has 4 heteroatoms. The molecule has 2 nitrogen and oxygen atoms in total. The predicted octanol–water partition coefficient (Wildman–Crippen LogP) is 12.3. The van der Waals surface area contributed by atoms with Crippen molar-refractivity contribution in [3.05, 3.63) is 303 Å². The molecule has 0 fully saturated rings. The van der Waals surface area contributed by atoms with Gasteiger partial charge in [-0.1, -0.05) is 261 Å². The summed E-state index contributed by atoms with van der Waals surface area (Å²) in [6.45, 7) is 0. The quantitative estimate of drug-likeness (QED) is 0.101. The fraction of sp³-hybridized carbons (Fsp3) is 0. The van der Waals surface area contributed by atoms with Crippen LogP contribution in [0.2, 0.25) is 0 Å². The molecule has 0 saturated heterocycles. The summed E-state index contributed by atoms with van der Waals surface area (Å²) in [5.74, 6) is 0. The molecular formula is C72H50N2Si2. The molecule has 0 amide bonds. The third-order valence-electron chi connectivity index (χ3n) is 16.5. The van der Waals surface area contributed by atoms with Crippen molar-refractivity contribution in [1.82, 2.24) is 9.13 Å². The molecule has 2 aromatic heterocycles. The van der Waals surface area contributed by atoms with Crippen LogP contribution in [-0.2, 0) is 0 Å². The van der Waals surface area contributed by atoms with Crippen molar-refractivity contribution in [3.8, 4) is 33.6 Å². The summed E-state index contributed by atoms with van der Waals surface area (Å²) >= 11 is 0. The zero-order valence-corrected chi connectivity index (χ0v) is 43.8. The number of hydrogen-bond acceptors (Lipinski definition) is 0. The number of nitrogens with zero attached hydrogens (tertiary/aromatic N) is 2. The number of hydrogen-bond donors (Lipinski definition) is 0. The maximum Gasteiger partial charge on any atom is 0.180 e. The molecular weight excluding hydrogens is 949 g/mol. The van der Waals surface area contributed by atoms with E-state index in [1.54, 1.807) is 0 Å². The van der Waals surface area contributed by atoms with E-state index in [0.717, 1.165) is 11.4 Å². The standard InChI is InChI=1S/C72H50N2Si2/c1-6-27-52(28-7-1)75(53-29-8-2-9-30-53,54-31-10-3-11-32-54)57-37-22-26-51(50-57)73-63-43-19-17-39-61(63)72-66(73)46-25-47-67(72)74-64-44-20-16-38-60(64)70-58(41-23-45-65(70)74)59-42-24-49-69-71(59)62-40-18-21-48-68(62)76(69,55-33-12-4-13-34-55)56-35-14-5-15-36-56/h1-50H. The van der Waals surface area contributed by atoms with Gasteiger partial charge in [-0.15, -0.1) is 0 Å². The lowest BCUT2D eigenvalue weighted by molar-refractivity contribution is 1.17. The van der Waals surface area contributed by atoms with Gasteiger partial charge in [-0.2, -0.15) is 0 Å². The Labute approximate surface area is 444 Å². The molecule has 0 saturated carbocycles. The van der Waals surface area contributed by atoms with Gasteiger partial charge in [0.2, 0.25) is 0 Å². The average Bonchev–Trinajstić information content (AvgIpc) is 4.31. The van der Waals surface area contributed by atoms with Gasteiger partial charge < -0.3 is 9.13 Å². The summed E-state index contributed by atoms with van der Waals surface area (Å²) < 4.78 is 5.06. The molecule has 76 heavy (non-hydrogen) atoms. The molecule has 14 aromatic rings. The van der Waals surface area contributed by atoms with Crippen molar-refractivity contribution < 1.29 is 0 Å². The molecule has 15 rings (SSSR count). The molecule has 0 radical (unpaired) electrons. The normalized spacial score (nSPS) is 12.8. The Bertz CT molecular complexity index is 4370. The fourth-order valence-corrected chi connectivity index (χ4v) is 23.6. The molecule has 0 spiro atoms. The van der Waals surface area contributed by atoms with E-state index in [9.17, 15) is 0 Å². The minimum atomic E-state index is -2.81. The van der Waals surface area contributed by atoms with Crippen LogP contribution in [0.25, 0.3) is 77.2 Å². The van der Waals surface area contributed by atoms with Crippen molar-refractivity contribution in [1.29, 1.82) is 0 Å². The molecule has 1 aliphatic rings. The van der Waals surface area contributed by atoms with Crippen LogP contribution >= 0.6 is 0 Å². The van der Waals surface area contributed by atoms with E-state index >= 15 is 0 Å². The highest BCUT2D eigenvalue weighted by Gasteiger charge is 2.49. The molecule has 12 aromatic carbocycles. The Morgan fingerprint density at radius 2 is 0.697 bits per heavy atom. The third kappa shape index (κ3) is 6.32. The van der Waals surface area contributed by atoms with E-state index in [2.05, 4.69) is 312 Å². The first-order valence-electron chi connectivity index (χ1n) is 26.4. The minimum absolute atomic E-state index is 1.15. The van der Waals surface area contributed by atoms with Crippen molar-refractivity contribution in [2.45, 2.75) is 0 Å². The van der Waals surface area contributed by atoms with Gasteiger partial charge in [0.15, 0.2) is 16.1 Å². The average molecular weight is 999 g/mol. The molecule has 1 aliphatic heterocycles. The summed E-state index contributed by atoms with van der Waals surface area (Å²) in [6.07, 6.45) is 0. The first-order valence-corrected chi connectivity index (χ1v) is 30.4. The lowest BCUT2D eigenvalue weighted by atomic mass is 9.92. The summed E-state index contributed by atoms with van der Waals surface area (Å²) in [7, 11) is -5.53. The number of benzene rings is 12. The first kappa shape index (κ1) is 44.2. The van der Waals surface area contributed by atoms with Crippen molar-refractivity contribution in [2.24, 2.45) is 0 Å². The smallest absolute Gasteiger partial charge is 0.180 e. The molecule has 0 aliphatic carbocycles. The van der Waals surface area contributed by atoms with Crippen LogP contribution in [0.4, 0.5) is 0 Å². The summed E-state index contributed by atoms with van der Waals surface area (Å²) in [5.41, 5.74) is 12.3. The number of para-hydroxylation sites is 2. The highest BCUT2D eigenvalue weighted by Crippen LogP contribution is 2.45. The van der Waals surface area contributed by atoms with Gasteiger partial charge in [0.1, 0.15) is 0 Å². The zero-order valence-electron chi connectivity index (χ0n) is 41.8. The van der Waals surface area contributed by atoms with Gasteiger partial charge >= 0.3 is 0 Å². The highest BCUT2D eigenvalue weighted by molar-refractivity contribution is 7.22. The minimum Gasteiger partial charge on any atom is -0.309 e. The predicted molar refractivity (Wildman–Crippen MR) is 327 cm³/mol. The Balaban J connectivity index is 0.971. The van der Waals surface area contributed by atoms with Crippen LogP contribution in [0.1, 0.15) is 0 Å². The molecule has 0 atom stereocenters. The van der Waals surface area contributed by atoms with Crippen molar-refractivity contribution in [3.63, 3.8) is 0 Å². The van der Waals surface area contributed by atoms with E-state index in [0.29, 0.717) is 0 Å². The number of rotatable bonds is 9. The summed E-state index contributed by atoms with van der Waals surface area (Å²) in [4.78, 5) is 0. The fourth-order valence-electron chi connectivity index (χ4n) is 13.6. The van der Waals surface area contributed by atoms with E-state index < -0.39 is 16.1 Å². The van der Waals surface area contributed by atoms with Gasteiger partial charge in [-0.05, 0) is 106 Å². The van der Waals surface area contributed by atoms with Crippen molar-refractivity contribution >= 4 is 101 Å². The van der Waals surface area contributed by atoms with E-state index in [-0.39, 0.29) is 0 Å². The molecule has 356 valence electrons. The van der Waals surface area contributed by atoms with Gasteiger partial charge in [-0.3, -0.25) is 0 Å². The maximum absolute atomic E-state index is 2.81. The number of aromatic nitrogens is 2. The second-order valence-electron chi connectivity index (χ2n) is 20.2. The molecule has 0 bridgehead atoms. The van der Waals surface area contributed by atoms with Gasteiger partial charge in [-0.25, -0.2) is 0 Å². The zero-order chi connectivity index (χ0) is 50.2. The SMILES string of the molecule is c1ccc([Si](c2ccccc2)(c2ccccc2)c2cccc(-n3c4ccccc4c4c(-n5c6ccccc6c6c(-c7cccc8c7-c7ccccc7[Si]8(c7ccccc7)c7ccccc7)cccc65)cccc43)c2)cc1. The molecule has 0 N–H and O–H groups in total. The Morgan fingerprint density at radius 3 is 1.33 bits per heavy atom. The monoisotopic (exact) mass is 998 g/mol. The van der Waals surface area contributed by atoms with E-state index in [4.69, 9.17) is 0 Å². The first-order chi connectivity index (χ1) is 37.8. The molecule has 0 unspecified atom stereocenters.